The third-order valence-corrected chi connectivity index (χ3v) is 12.8. The number of ether oxygens (including phenoxy) is 6. The minimum absolute atomic E-state index is 0.0499. The molecule has 1 amide bonds. The fourth-order valence-corrected chi connectivity index (χ4v) is 9.95. The highest BCUT2D eigenvalue weighted by molar-refractivity contribution is 6.03. The monoisotopic (exact) mass is 812 g/mol. The molecule has 12 heteroatoms. The number of nitrogens with zero attached hydrogens (tertiary/aromatic N) is 2. The van der Waals surface area contributed by atoms with Crippen molar-refractivity contribution in [2.24, 2.45) is 28.8 Å². The number of hydrogen-bond donors (Lipinski definition) is 2. The van der Waals surface area contributed by atoms with Crippen LogP contribution in [0.2, 0.25) is 0 Å². The summed E-state index contributed by atoms with van der Waals surface area (Å²) in [6, 6.07) is 11.2. The fourth-order valence-electron chi connectivity index (χ4n) is 9.95. The lowest BCUT2D eigenvalue weighted by Crippen LogP contribution is -2.70. The van der Waals surface area contributed by atoms with Crippen LogP contribution in [-0.4, -0.2) is 84.7 Å². The van der Waals surface area contributed by atoms with E-state index in [1.807, 2.05) is 35.2 Å². The van der Waals surface area contributed by atoms with Gasteiger partial charge in [0.2, 0.25) is 24.8 Å². The van der Waals surface area contributed by atoms with E-state index >= 15 is 0 Å². The molecule has 2 aromatic carbocycles. The van der Waals surface area contributed by atoms with E-state index in [1.54, 1.807) is 12.2 Å². The first-order valence-corrected chi connectivity index (χ1v) is 21.8. The smallest absolute Gasteiger partial charge is 0.239 e. The molecule has 0 aromatic heterocycles. The number of carbonyl (C=O) groups is 1. The lowest BCUT2D eigenvalue weighted by molar-refractivity contribution is -0.258. The molecule has 2 saturated carbocycles. The molecule has 7 atom stereocenters. The Balaban J connectivity index is 1.32. The number of allylic oxidation sites excluding steroid dienone is 1. The summed E-state index contributed by atoms with van der Waals surface area (Å²) in [5, 5.41) is 24.8. The van der Waals surface area contributed by atoms with Gasteiger partial charge in [0.1, 0.15) is 24.1 Å². The zero-order chi connectivity index (χ0) is 40.8. The molecule has 3 aliphatic heterocycles. The molecular weight excluding hydrogens is 753 g/mol. The molecule has 3 heterocycles. The van der Waals surface area contributed by atoms with Crippen LogP contribution in [0.15, 0.2) is 78.5 Å². The Hall–Kier alpha value is -4.36. The third-order valence-electron chi connectivity index (χ3n) is 12.8. The standard InChI is InChI=1S/C47H60N2O10/c1-3-22-53-34-17-19-39-37(27-34)44-35(12-6-9-21-51)33(11-5-8-20-50)26-36-38(48-59-43-13-7-10-24-54-43)28-42(47(58-39,45(36)44)57-23-4-2)49(46(52)32-15-16-32)29-31-14-18-40-41(25-31)56-30-55-40/h3-4,14,17-19,25-27,32-33,35,42-45,50-51H,1-2,5-13,15-16,20-24,28-30H2/t33-,35+,42-,43?,44+,45+,47+/m0/s1. The molecule has 3 fully saturated rings. The van der Waals surface area contributed by atoms with Gasteiger partial charge in [-0.05, 0) is 105 Å². The molecule has 8 rings (SSSR count). The van der Waals surface area contributed by atoms with Crippen LogP contribution in [0.5, 0.6) is 23.0 Å². The van der Waals surface area contributed by atoms with Crippen LogP contribution in [0.1, 0.15) is 94.1 Å². The van der Waals surface area contributed by atoms with E-state index < -0.39 is 24.0 Å². The van der Waals surface area contributed by atoms with Gasteiger partial charge in [0, 0.05) is 50.0 Å². The first kappa shape index (κ1) is 41.4. The minimum Gasteiger partial charge on any atom is -0.490 e. The minimum atomic E-state index is -1.35. The van der Waals surface area contributed by atoms with Gasteiger partial charge in [0.05, 0.1) is 24.8 Å². The van der Waals surface area contributed by atoms with Gasteiger partial charge in [-0.3, -0.25) is 4.79 Å². The van der Waals surface area contributed by atoms with E-state index in [0.29, 0.717) is 62.0 Å². The summed E-state index contributed by atoms with van der Waals surface area (Å²) < 4.78 is 38.2. The first-order chi connectivity index (χ1) is 29.0. The summed E-state index contributed by atoms with van der Waals surface area (Å²) in [5.41, 5.74) is 3.65. The number of rotatable bonds is 20. The van der Waals surface area contributed by atoms with Gasteiger partial charge < -0.3 is 48.4 Å². The van der Waals surface area contributed by atoms with Crippen molar-refractivity contribution in [3.63, 3.8) is 0 Å². The number of benzene rings is 2. The Labute approximate surface area is 347 Å². The summed E-state index contributed by atoms with van der Waals surface area (Å²) in [5.74, 6) is 0.954. The third kappa shape index (κ3) is 8.78. The van der Waals surface area contributed by atoms with E-state index in [9.17, 15) is 15.0 Å². The molecule has 2 N–H and O–H groups in total. The topological polar surface area (TPSA) is 138 Å². The fraction of sp³-hybridized carbons (Fsp3) is 0.574. The molecule has 0 spiro atoms. The number of oxime groups is 1. The van der Waals surface area contributed by atoms with Gasteiger partial charge in [0.15, 0.2) is 11.5 Å². The predicted molar refractivity (Wildman–Crippen MR) is 221 cm³/mol. The number of fused-ring (bicyclic) bond motifs is 3. The highest BCUT2D eigenvalue weighted by Gasteiger charge is 2.66. The normalized spacial score (nSPS) is 28.4. The van der Waals surface area contributed by atoms with Crippen LogP contribution in [0.25, 0.3) is 0 Å². The summed E-state index contributed by atoms with van der Waals surface area (Å²) in [6.07, 6.45) is 14.8. The maximum atomic E-state index is 14.9. The van der Waals surface area contributed by atoms with Crippen LogP contribution in [0, 0.1) is 23.7 Å². The summed E-state index contributed by atoms with van der Waals surface area (Å²) in [6.45, 7) is 9.78. The number of hydrogen-bond acceptors (Lipinski definition) is 11. The number of aliphatic hydroxyl groups is 2. The van der Waals surface area contributed by atoms with Crippen molar-refractivity contribution < 1.29 is 48.3 Å². The Kier molecular flexibility index (Phi) is 13.3. The maximum absolute atomic E-state index is 14.9. The molecule has 318 valence electrons. The largest absolute Gasteiger partial charge is 0.490 e. The van der Waals surface area contributed by atoms with E-state index in [2.05, 4.69) is 25.3 Å². The maximum Gasteiger partial charge on any atom is 0.239 e. The molecule has 12 nitrogen and oxygen atoms in total. The zero-order valence-corrected chi connectivity index (χ0v) is 34.1. The molecular formula is C47H60N2O10. The lowest BCUT2D eigenvalue weighted by Gasteiger charge is -2.60. The first-order valence-electron chi connectivity index (χ1n) is 21.8. The van der Waals surface area contributed by atoms with Crippen LogP contribution >= 0.6 is 0 Å². The predicted octanol–water partition coefficient (Wildman–Crippen LogP) is 7.58. The van der Waals surface area contributed by atoms with Crippen LogP contribution in [0.3, 0.4) is 0 Å². The van der Waals surface area contributed by atoms with E-state index in [0.717, 1.165) is 80.2 Å². The molecule has 1 saturated heterocycles. The lowest BCUT2D eigenvalue weighted by atomic mass is 9.55. The van der Waals surface area contributed by atoms with E-state index in [4.69, 9.17) is 38.4 Å². The van der Waals surface area contributed by atoms with Crippen molar-refractivity contribution in [3.05, 3.63) is 84.5 Å². The van der Waals surface area contributed by atoms with Gasteiger partial charge in [-0.15, -0.1) is 6.58 Å². The Bertz CT molecular complexity index is 1870. The average molecular weight is 813 g/mol. The van der Waals surface area contributed by atoms with Crippen molar-refractivity contribution in [2.75, 3.05) is 39.8 Å². The van der Waals surface area contributed by atoms with E-state index in [1.165, 1.54) is 0 Å². The van der Waals surface area contributed by atoms with Crippen LogP contribution in [-0.2, 0) is 25.7 Å². The van der Waals surface area contributed by atoms with Crippen molar-refractivity contribution in [1.82, 2.24) is 4.90 Å². The number of amides is 1. The molecule has 0 radical (unpaired) electrons. The van der Waals surface area contributed by atoms with Crippen molar-refractivity contribution in [1.29, 1.82) is 0 Å². The van der Waals surface area contributed by atoms with Crippen molar-refractivity contribution in [3.8, 4) is 23.0 Å². The van der Waals surface area contributed by atoms with Gasteiger partial charge >= 0.3 is 0 Å². The second-order valence-electron chi connectivity index (χ2n) is 16.7. The summed E-state index contributed by atoms with van der Waals surface area (Å²) >= 11 is 0. The quantitative estimate of drug-likeness (QED) is 0.0782. The average Bonchev–Trinajstić information content (AvgIpc) is 4.01. The molecule has 6 aliphatic rings. The van der Waals surface area contributed by atoms with Gasteiger partial charge in [-0.2, -0.15) is 0 Å². The number of carbonyl (C=O) groups excluding carboxylic acids is 1. The van der Waals surface area contributed by atoms with Crippen molar-refractivity contribution >= 4 is 11.6 Å². The van der Waals surface area contributed by atoms with E-state index in [-0.39, 0.29) is 56.2 Å². The van der Waals surface area contributed by atoms with Crippen LogP contribution < -0.4 is 18.9 Å². The molecule has 3 aliphatic carbocycles. The van der Waals surface area contributed by atoms with Gasteiger partial charge in [0.25, 0.3) is 0 Å². The number of aliphatic hydroxyl groups excluding tert-OH is 2. The molecule has 59 heavy (non-hydrogen) atoms. The van der Waals surface area contributed by atoms with Crippen molar-refractivity contribution in [2.45, 2.75) is 108 Å². The SMILES string of the molecule is C=CCOc1ccc2c(c1)[C@H]1[C@H](CCCCO)[C@@H](CCCCO)C=C3C(=NOC4CCCCO4)C[C@H](N(Cc4ccc5c(c4)OCO5)C(=O)C4CC4)[C@@](OCC=C)(O2)[C@H]31. The second kappa shape index (κ2) is 18.9. The number of unbranched alkanes of at least 4 members (excludes halogenated alkanes) is 2. The Morgan fingerprint density at radius 1 is 0.932 bits per heavy atom. The van der Waals surface area contributed by atoms with Crippen LogP contribution in [0.4, 0.5) is 0 Å². The highest BCUT2D eigenvalue weighted by Crippen LogP contribution is 2.62. The molecule has 2 aromatic rings. The second-order valence-corrected chi connectivity index (χ2v) is 16.7. The summed E-state index contributed by atoms with van der Waals surface area (Å²) in [4.78, 5) is 23.2. The van der Waals surface area contributed by atoms with Gasteiger partial charge in [-0.1, -0.05) is 48.9 Å². The summed E-state index contributed by atoms with van der Waals surface area (Å²) in [7, 11) is 0. The Morgan fingerprint density at radius 2 is 1.73 bits per heavy atom. The highest BCUT2D eigenvalue weighted by atomic mass is 16.8. The zero-order valence-electron chi connectivity index (χ0n) is 34.1. The molecule has 1 unspecified atom stereocenters. The van der Waals surface area contributed by atoms with Gasteiger partial charge in [-0.25, -0.2) is 0 Å². The molecule has 0 bridgehead atoms. The Morgan fingerprint density at radius 3 is 2.49 bits per heavy atom.